The Balaban J connectivity index is 1.67. The van der Waals surface area contributed by atoms with Crippen molar-refractivity contribution in [3.63, 3.8) is 0 Å². The van der Waals surface area contributed by atoms with Crippen molar-refractivity contribution in [2.75, 3.05) is 33.4 Å². The zero-order valence-corrected chi connectivity index (χ0v) is 12.1. The first-order valence-electron chi connectivity index (χ1n) is 7.26. The van der Waals surface area contributed by atoms with Crippen molar-refractivity contribution in [3.8, 4) is 0 Å². The van der Waals surface area contributed by atoms with Crippen LogP contribution in [0.15, 0.2) is 22.8 Å². The number of rotatable bonds is 3. The predicted octanol–water partition coefficient (Wildman–Crippen LogP) is 0.894. The number of hydrogen-bond donors (Lipinski definition) is 1. The molecule has 3 heterocycles. The molecule has 1 atom stereocenters. The fourth-order valence-electron chi connectivity index (χ4n) is 3.44. The van der Waals surface area contributed by atoms with E-state index in [0.717, 1.165) is 12.8 Å². The minimum Gasteiger partial charge on any atom is -0.459 e. The quantitative estimate of drug-likeness (QED) is 0.898. The van der Waals surface area contributed by atoms with Crippen LogP contribution in [0.1, 0.15) is 23.4 Å². The monoisotopic (exact) mass is 292 g/mol. The number of likely N-dealkylation sites (tertiary alicyclic amines) is 1. The lowest BCUT2D eigenvalue weighted by Crippen LogP contribution is -2.47. The van der Waals surface area contributed by atoms with Crippen molar-refractivity contribution >= 4 is 11.8 Å². The van der Waals surface area contributed by atoms with Gasteiger partial charge in [-0.25, -0.2) is 0 Å². The molecule has 2 fully saturated rings. The Morgan fingerprint density at radius 1 is 1.52 bits per heavy atom. The standard InChI is InChI=1S/C15H20N2O4/c1-20-9-11-13(18)16-10-15(11)4-6-17(7-5-15)14(19)12-3-2-8-21-12/h2-3,8,11H,4-7,9-10H2,1H3,(H,16,18)/t11-/m1/s1. The number of nitrogens with one attached hydrogen (secondary N) is 1. The van der Waals surface area contributed by atoms with Gasteiger partial charge in [-0.3, -0.25) is 9.59 Å². The van der Waals surface area contributed by atoms with Crippen molar-refractivity contribution in [3.05, 3.63) is 24.2 Å². The summed E-state index contributed by atoms with van der Waals surface area (Å²) in [5.41, 5.74) is -0.0764. The summed E-state index contributed by atoms with van der Waals surface area (Å²) >= 11 is 0. The van der Waals surface area contributed by atoms with Crippen LogP contribution in [0.5, 0.6) is 0 Å². The number of nitrogens with zero attached hydrogens (tertiary/aromatic N) is 1. The van der Waals surface area contributed by atoms with Gasteiger partial charge in [0.15, 0.2) is 5.76 Å². The Morgan fingerprint density at radius 2 is 2.29 bits per heavy atom. The Morgan fingerprint density at radius 3 is 2.90 bits per heavy atom. The van der Waals surface area contributed by atoms with E-state index >= 15 is 0 Å². The van der Waals surface area contributed by atoms with Gasteiger partial charge in [-0.05, 0) is 25.0 Å². The highest BCUT2D eigenvalue weighted by atomic mass is 16.5. The van der Waals surface area contributed by atoms with Crippen molar-refractivity contribution in [1.82, 2.24) is 10.2 Å². The van der Waals surface area contributed by atoms with E-state index in [9.17, 15) is 9.59 Å². The van der Waals surface area contributed by atoms with E-state index in [0.29, 0.717) is 32.0 Å². The first-order valence-corrected chi connectivity index (χ1v) is 7.26. The maximum absolute atomic E-state index is 12.3. The third-order valence-electron chi connectivity index (χ3n) is 4.78. The van der Waals surface area contributed by atoms with Crippen LogP contribution in [-0.2, 0) is 9.53 Å². The number of hydrogen-bond acceptors (Lipinski definition) is 4. The summed E-state index contributed by atoms with van der Waals surface area (Å²) in [5.74, 6) is 0.265. The lowest BCUT2D eigenvalue weighted by molar-refractivity contribution is -0.126. The highest BCUT2D eigenvalue weighted by Gasteiger charge is 2.50. The maximum Gasteiger partial charge on any atom is 0.289 e. The van der Waals surface area contributed by atoms with Gasteiger partial charge >= 0.3 is 0 Å². The molecule has 2 saturated heterocycles. The number of carbonyl (C=O) groups excluding carboxylic acids is 2. The summed E-state index contributed by atoms with van der Waals surface area (Å²) in [6.45, 7) is 2.42. The molecule has 0 bridgehead atoms. The molecule has 3 rings (SSSR count). The van der Waals surface area contributed by atoms with Crippen molar-refractivity contribution in [1.29, 1.82) is 0 Å². The van der Waals surface area contributed by atoms with Crippen LogP contribution in [0.2, 0.25) is 0 Å². The minimum absolute atomic E-state index is 0.0719. The van der Waals surface area contributed by atoms with E-state index in [-0.39, 0.29) is 23.1 Å². The number of piperidine rings is 1. The summed E-state index contributed by atoms with van der Waals surface area (Å²) in [6.07, 6.45) is 3.13. The molecular formula is C15H20N2O4. The number of amides is 2. The van der Waals surface area contributed by atoms with Crippen LogP contribution in [0.25, 0.3) is 0 Å². The molecular weight excluding hydrogens is 272 g/mol. The van der Waals surface area contributed by atoms with Gasteiger partial charge in [-0.2, -0.15) is 0 Å². The summed E-state index contributed by atoms with van der Waals surface area (Å²) < 4.78 is 10.4. The minimum atomic E-state index is -0.108. The number of furan rings is 1. The van der Waals surface area contributed by atoms with Gasteiger partial charge in [0.1, 0.15) is 0 Å². The summed E-state index contributed by atoms with van der Waals surface area (Å²) in [4.78, 5) is 26.0. The van der Waals surface area contributed by atoms with E-state index in [1.54, 1.807) is 24.1 Å². The largest absolute Gasteiger partial charge is 0.459 e. The molecule has 0 aliphatic carbocycles. The highest BCUT2D eigenvalue weighted by molar-refractivity contribution is 5.91. The highest BCUT2D eigenvalue weighted by Crippen LogP contribution is 2.42. The molecule has 114 valence electrons. The molecule has 1 spiro atoms. The Labute approximate surface area is 123 Å². The SMILES string of the molecule is COC[C@@H]1C(=O)NCC12CCN(C(=O)c1ccco1)CC2. The second-order valence-corrected chi connectivity index (χ2v) is 5.86. The number of methoxy groups -OCH3 is 1. The molecule has 2 aliphatic heterocycles. The molecule has 21 heavy (non-hydrogen) atoms. The van der Waals surface area contributed by atoms with E-state index in [1.807, 2.05) is 0 Å². The van der Waals surface area contributed by atoms with Gasteiger partial charge in [-0.1, -0.05) is 0 Å². The molecule has 1 aromatic rings. The van der Waals surface area contributed by atoms with Gasteiger partial charge in [0.05, 0.1) is 18.8 Å². The van der Waals surface area contributed by atoms with E-state index in [2.05, 4.69) is 5.32 Å². The zero-order chi connectivity index (χ0) is 14.9. The second kappa shape index (κ2) is 5.52. The molecule has 1 aromatic heterocycles. The van der Waals surface area contributed by atoms with Gasteiger partial charge in [-0.15, -0.1) is 0 Å². The third kappa shape index (κ3) is 2.44. The van der Waals surface area contributed by atoms with Gasteiger partial charge < -0.3 is 19.4 Å². The summed E-state index contributed by atoms with van der Waals surface area (Å²) in [7, 11) is 1.62. The molecule has 0 radical (unpaired) electrons. The van der Waals surface area contributed by atoms with Crippen LogP contribution in [0, 0.1) is 11.3 Å². The fraction of sp³-hybridized carbons (Fsp3) is 0.600. The predicted molar refractivity (Wildman–Crippen MR) is 74.7 cm³/mol. The molecule has 1 N–H and O–H groups in total. The molecule has 2 amide bonds. The summed E-state index contributed by atoms with van der Waals surface area (Å²) in [6, 6.07) is 3.40. The molecule has 0 saturated carbocycles. The zero-order valence-electron chi connectivity index (χ0n) is 12.1. The lowest BCUT2D eigenvalue weighted by atomic mass is 9.71. The van der Waals surface area contributed by atoms with Crippen molar-refractivity contribution < 1.29 is 18.7 Å². The van der Waals surface area contributed by atoms with Crippen LogP contribution in [-0.4, -0.2) is 50.1 Å². The Hall–Kier alpha value is -1.82. The van der Waals surface area contributed by atoms with Crippen molar-refractivity contribution in [2.45, 2.75) is 12.8 Å². The smallest absolute Gasteiger partial charge is 0.289 e. The van der Waals surface area contributed by atoms with Crippen LogP contribution >= 0.6 is 0 Å². The average Bonchev–Trinajstić information content (AvgIpc) is 3.12. The van der Waals surface area contributed by atoms with Gasteiger partial charge in [0.2, 0.25) is 5.91 Å². The average molecular weight is 292 g/mol. The van der Waals surface area contributed by atoms with Gasteiger partial charge in [0, 0.05) is 32.2 Å². The van der Waals surface area contributed by atoms with Gasteiger partial charge in [0.25, 0.3) is 5.91 Å². The maximum atomic E-state index is 12.3. The van der Waals surface area contributed by atoms with Crippen molar-refractivity contribution in [2.24, 2.45) is 11.3 Å². The van der Waals surface area contributed by atoms with Crippen LogP contribution in [0.3, 0.4) is 0 Å². The third-order valence-corrected chi connectivity index (χ3v) is 4.78. The van der Waals surface area contributed by atoms with E-state index in [4.69, 9.17) is 9.15 Å². The molecule has 6 nitrogen and oxygen atoms in total. The van der Waals surface area contributed by atoms with E-state index < -0.39 is 0 Å². The molecule has 6 heteroatoms. The molecule has 2 aliphatic rings. The van der Waals surface area contributed by atoms with Crippen LogP contribution < -0.4 is 5.32 Å². The Kier molecular flexibility index (Phi) is 3.71. The normalized spacial score (nSPS) is 24.3. The Bertz CT molecular complexity index is 518. The molecule has 0 unspecified atom stereocenters. The second-order valence-electron chi connectivity index (χ2n) is 5.86. The number of carbonyl (C=O) groups is 2. The lowest BCUT2D eigenvalue weighted by Gasteiger charge is -2.41. The number of ether oxygens (including phenoxy) is 1. The van der Waals surface area contributed by atoms with Crippen LogP contribution in [0.4, 0.5) is 0 Å². The summed E-state index contributed by atoms with van der Waals surface area (Å²) in [5, 5.41) is 2.95. The first kappa shape index (κ1) is 14.1. The van der Waals surface area contributed by atoms with E-state index in [1.165, 1.54) is 6.26 Å². The first-order chi connectivity index (χ1) is 10.2. The molecule has 0 aromatic carbocycles. The fourth-order valence-corrected chi connectivity index (χ4v) is 3.44. The topological polar surface area (TPSA) is 71.8 Å².